The molecule has 0 saturated heterocycles. The van der Waals surface area contributed by atoms with Crippen molar-refractivity contribution in [1.82, 2.24) is 5.16 Å². The average Bonchev–Trinajstić information content (AvgIpc) is 2.96. The van der Waals surface area contributed by atoms with Gasteiger partial charge in [-0.15, -0.1) is 0 Å². The molecule has 1 aromatic rings. The second-order valence-electron chi connectivity index (χ2n) is 8.10. The Bertz CT molecular complexity index is 692. The van der Waals surface area contributed by atoms with Gasteiger partial charge >= 0.3 is 0 Å². The third-order valence-electron chi connectivity index (χ3n) is 4.74. The largest absolute Gasteiger partial charge is 0.359 e. The summed E-state index contributed by atoms with van der Waals surface area (Å²) < 4.78 is 29.5. The molecule has 1 aliphatic carbocycles. The lowest BCUT2D eigenvalue weighted by atomic mass is 9.93. The third kappa shape index (κ3) is 3.66. The number of aromatic nitrogens is 1. The van der Waals surface area contributed by atoms with Gasteiger partial charge in [-0.25, -0.2) is 8.42 Å². The van der Waals surface area contributed by atoms with E-state index in [4.69, 9.17) is 4.52 Å². The van der Waals surface area contributed by atoms with Crippen LogP contribution < -0.4 is 5.32 Å². The molecule has 0 spiro atoms. The van der Waals surface area contributed by atoms with E-state index < -0.39 is 25.7 Å². The molecule has 0 aromatic carbocycles. The lowest BCUT2D eigenvalue weighted by Crippen LogP contribution is -2.49. The molecule has 136 valence electrons. The van der Waals surface area contributed by atoms with Crippen molar-refractivity contribution >= 4 is 21.6 Å². The van der Waals surface area contributed by atoms with E-state index in [2.05, 4.69) is 10.5 Å². The summed E-state index contributed by atoms with van der Waals surface area (Å²) in [5.74, 6) is 0.310. The minimum Gasteiger partial charge on any atom is -0.359 e. The lowest BCUT2D eigenvalue weighted by molar-refractivity contribution is -0.117. The van der Waals surface area contributed by atoms with E-state index in [0.717, 1.165) is 19.3 Å². The van der Waals surface area contributed by atoms with Gasteiger partial charge in [0.15, 0.2) is 15.7 Å². The highest BCUT2D eigenvalue weighted by molar-refractivity contribution is 7.94. The van der Waals surface area contributed by atoms with Gasteiger partial charge in [-0.3, -0.25) is 4.79 Å². The van der Waals surface area contributed by atoms with Gasteiger partial charge in [0, 0.05) is 11.5 Å². The van der Waals surface area contributed by atoms with Crippen molar-refractivity contribution in [2.45, 2.75) is 82.1 Å². The van der Waals surface area contributed by atoms with Gasteiger partial charge in [0.2, 0.25) is 5.91 Å². The van der Waals surface area contributed by atoms with Crippen molar-refractivity contribution in [3.63, 3.8) is 0 Å². The van der Waals surface area contributed by atoms with E-state index in [1.165, 1.54) is 13.8 Å². The molecule has 1 N–H and O–H groups in total. The summed E-state index contributed by atoms with van der Waals surface area (Å²) in [6.45, 7) is 8.85. The van der Waals surface area contributed by atoms with Gasteiger partial charge < -0.3 is 9.84 Å². The number of carbonyl (C=O) groups is 1. The predicted octanol–water partition coefficient (Wildman–Crippen LogP) is 3.44. The number of rotatable bonds is 4. The van der Waals surface area contributed by atoms with Crippen LogP contribution in [0.1, 0.15) is 72.5 Å². The molecule has 0 unspecified atom stereocenters. The minimum atomic E-state index is -3.57. The summed E-state index contributed by atoms with van der Waals surface area (Å²) in [4.78, 5) is 12.6. The Kier molecular flexibility index (Phi) is 5.14. The zero-order chi connectivity index (χ0) is 18.2. The van der Waals surface area contributed by atoms with E-state index in [-0.39, 0.29) is 11.2 Å². The maximum atomic E-state index is 12.9. The highest BCUT2D eigenvalue weighted by Crippen LogP contribution is 2.32. The maximum Gasteiger partial charge on any atom is 0.246 e. The van der Waals surface area contributed by atoms with Gasteiger partial charge in [0.25, 0.3) is 0 Å². The molecule has 2 rings (SSSR count). The summed E-state index contributed by atoms with van der Waals surface area (Å²) in [5.41, 5.74) is -0.236. The molecule has 0 atom stereocenters. The summed E-state index contributed by atoms with van der Waals surface area (Å²) in [6, 6.07) is 1.64. The van der Waals surface area contributed by atoms with E-state index in [0.29, 0.717) is 18.6 Å². The van der Waals surface area contributed by atoms with Crippen LogP contribution in [0.4, 0.5) is 5.82 Å². The fourth-order valence-corrected chi connectivity index (χ4v) is 4.97. The number of carbonyl (C=O) groups excluding carboxylic acids is 1. The Morgan fingerprint density at radius 1 is 1.17 bits per heavy atom. The Labute approximate surface area is 144 Å². The predicted molar refractivity (Wildman–Crippen MR) is 93.7 cm³/mol. The Morgan fingerprint density at radius 3 is 2.25 bits per heavy atom. The molecule has 0 bridgehead atoms. The van der Waals surface area contributed by atoms with Crippen LogP contribution >= 0.6 is 0 Å². The molecule has 0 aliphatic heterocycles. The summed E-state index contributed by atoms with van der Waals surface area (Å²) >= 11 is 0. The normalized spacial score (nSPS) is 17.7. The Morgan fingerprint density at radius 2 is 1.75 bits per heavy atom. The molecular formula is C17H28N2O4S. The van der Waals surface area contributed by atoms with Crippen molar-refractivity contribution in [3.05, 3.63) is 11.8 Å². The van der Waals surface area contributed by atoms with Crippen molar-refractivity contribution < 1.29 is 17.7 Å². The molecular weight excluding hydrogens is 328 g/mol. The molecule has 1 fully saturated rings. The minimum absolute atomic E-state index is 0.236. The van der Waals surface area contributed by atoms with Crippen LogP contribution in [0.3, 0.4) is 0 Å². The second kappa shape index (κ2) is 6.50. The molecule has 1 heterocycles. The van der Waals surface area contributed by atoms with E-state index >= 15 is 0 Å². The summed E-state index contributed by atoms with van der Waals surface area (Å²) in [6.07, 6.45) is 4.14. The monoisotopic (exact) mass is 356 g/mol. The van der Waals surface area contributed by atoms with Gasteiger partial charge in [-0.2, -0.15) is 0 Å². The van der Waals surface area contributed by atoms with Gasteiger partial charge in [0.1, 0.15) is 10.5 Å². The molecule has 6 nitrogen and oxygen atoms in total. The van der Waals surface area contributed by atoms with Crippen LogP contribution in [0, 0.1) is 0 Å². The third-order valence-corrected chi connectivity index (χ3v) is 7.70. The number of sulfone groups is 1. The number of nitrogens with zero attached hydrogens (tertiary/aromatic N) is 1. The molecule has 1 saturated carbocycles. The van der Waals surface area contributed by atoms with Crippen LogP contribution in [0.2, 0.25) is 0 Å². The topological polar surface area (TPSA) is 89.3 Å². The van der Waals surface area contributed by atoms with Crippen LogP contribution in [0.15, 0.2) is 10.6 Å². The van der Waals surface area contributed by atoms with Crippen LogP contribution in [0.25, 0.3) is 0 Å². The maximum absolute atomic E-state index is 12.9. The second-order valence-corrected chi connectivity index (χ2v) is 10.9. The molecule has 1 aromatic heterocycles. The number of hydrogen-bond acceptors (Lipinski definition) is 5. The van der Waals surface area contributed by atoms with Crippen molar-refractivity contribution in [2.24, 2.45) is 0 Å². The first kappa shape index (κ1) is 19.0. The fraction of sp³-hybridized carbons (Fsp3) is 0.765. The Hall–Kier alpha value is -1.37. The summed E-state index contributed by atoms with van der Waals surface area (Å²) in [7, 11) is -3.57. The van der Waals surface area contributed by atoms with Crippen molar-refractivity contribution in [3.8, 4) is 0 Å². The quantitative estimate of drug-likeness (QED) is 0.892. The average molecular weight is 356 g/mol. The number of nitrogens with one attached hydrogen (secondary N) is 1. The molecule has 1 amide bonds. The molecule has 0 radical (unpaired) electrons. The SMILES string of the molecule is CC(C)(C)c1cc(NC(=O)C(C)(C)S(=O)(=O)C2CCCCC2)no1. The van der Waals surface area contributed by atoms with Crippen LogP contribution in [-0.4, -0.2) is 29.5 Å². The van der Waals surface area contributed by atoms with Crippen molar-refractivity contribution in [1.29, 1.82) is 0 Å². The van der Waals surface area contributed by atoms with Crippen LogP contribution in [-0.2, 0) is 20.0 Å². The van der Waals surface area contributed by atoms with Crippen LogP contribution in [0.5, 0.6) is 0 Å². The van der Waals surface area contributed by atoms with Gasteiger partial charge in [-0.05, 0) is 26.7 Å². The number of amides is 1. The zero-order valence-electron chi connectivity index (χ0n) is 15.2. The highest BCUT2D eigenvalue weighted by atomic mass is 32.2. The number of hydrogen-bond donors (Lipinski definition) is 1. The lowest BCUT2D eigenvalue weighted by Gasteiger charge is -2.30. The van der Waals surface area contributed by atoms with E-state index in [1.54, 1.807) is 6.07 Å². The number of anilines is 1. The molecule has 7 heteroatoms. The first-order valence-corrected chi connectivity index (χ1v) is 10.0. The van der Waals surface area contributed by atoms with E-state index in [9.17, 15) is 13.2 Å². The molecule has 1 aliphatic rings. The van der Waals surface area contributed by atoms with E-state index in [1.807, 2.05) is 20.8 Å². The zero-order valence-corrected chi connectivity index (χ0v) is 16.0. The first-order chi connectivity index (χ1) is 11.0. The standard InChI is InChI=1S/C17H28N2O4S/c1-16(2,3)13-11-14(19-23-13)18-15(20)17(4,5)24(21,22)12-9-7-6-8-10-12/h11-12H,6-10H2,1-5H3,(H,18,19,20). The molecule has 24 heavy (non-hydrogen) atoms. The van der Waals surface area contributed by atoms with Gasteiger partial charge in [-0.1, -0.05) is 45.2 Å². The van der Waals surface area contributed by atoms with Crippen molar-refractivity contribution in [2.75, 3.05) is 5.32 Å². The fourth-order valence-electron chi connectivity index (χ4n) is 2.88. The highest BCUT2D eigenvalue weighted by Gasteiger charge is 2.46. The van der Waals surface area contributed by atoms with Gasteiger partial charge in [0.05, 0.1) is 5.25 Å². The first-order valence-electron chi connectivity index (χ1n) is 8.48. The smallest absolute Gasteiger partial charge is 0.246 e. The summed E-state index contributed by atoms with van der Waals surface area (Å²) in [5, 5.41) is 5.99. The Balaban J connectivity index is 2.16.